The van der Waals surface area contributed by atoms with Crippen molar-refractivity contribution in [3.8, 4) is 0 Å². The van der Waals surface area contributed by atoms with E-state index in [9.17, 15) is 14.9 Å². The largest absolute Gasteiger partial charge is 0.433 e. The van der Waals surface area contributed by atoms with E-state index in [1.165, 1.54) is 18.3 Å². The van der Waals surface area contributed by atoms with Crippen molar-refractivity contribution < 1.29 is 14.1 Å². The monoisotopic (exact) mass is 338 g/mol. The Morgan fingerprint density at radius 2 is 1.96 bits per heavy atom. The summed E-state index contributed by atoms with van der Waals surface area (Å²) < 4.78 is 4.88. The fraction of sp³-hybridized carbons (Fsp3) is 0.0588. The van der Waals surface area contributed by atoms with Crippen molar-refractivity contribution in [2.75, 3.05) is 11.9 Å². The molecule has 1 aromatic heterocycles. The van der Waals surface area contributed by atoms with Crippen molar-refractivity contribution in [3.63, 3.8) is 0 Å². The molecule has 0 aliphatic carbocycles. The predicted molar refractivity (Wildman–Crippen MR) is 93.5 cm³/mol. The molecule has 0 aliphatic rings. The Balaban J connectivity index is 1.51. The number of furan rings is 1. The summed E-state index contributed by atoms with van der Waals surface area (Å²) in [5, 5.41) is 19.4. The standard InChI is InChI=1S/C17H14N4O4/c22-16(20-19-10-15-7-8-17(25-15)21(23)24)11-18-14-6-5-12-3-1-2-4-13(12)9-14/h1-10,18H,11H2,(H,20,22)/b19-10+. The van der Waals surface area contributed by atoms with Crippen molar-refractivity contribution >= 4 is 34.5 Å². The van der Waals surface area contributed by atoms with Gasteiger partial charge < -0.3 is 9.73 Å². The van der Waals surface area contributed by atoms with E-state index in [1.807, 2.05) is 42.5 Å². The highest BCUT2D eigenvalue weighted by molar-refractivity contribution is 5.87. The molecule has 3 rings (SSSR count). The van der Waals surface area contributed by atoms with E-state index in [1.54, 1.807) is 0 Å². The molecule has 0 spiro atoms. The van der Waals surface area contributed by atoms with E-state index in [0.717, 1.165) is 16.5 Å². The average Bonchev–Trinajstić information content (AvgIpc) is 3.09. The third-order valence-corrected chi connectivity index (χ3v) is 3.38. The highest BCUT2D eigenvalue weighted by Crippen LogP contribution is 2.18. The lowest BCUT2D eigenvalue weighted by Crippen LogP contribution is -2.25. The third-order valence-electron chi connectivity index (χ3n) is 3.38. The summed E-state index contributed by atoms with van der Waals surface area (Å²) in [6, 6.07) is 16.3. The third kappa shape index (κ3) is 4.20. The number of hydrogen-bond acceptors (Lipinski definition) is 6. The lowest BCUT2D eigenvalue weighted by atomic mass is 10.1. The highest BCUT2D eigenvalue weighted by atomic mass is 16.6. The Morgan fingerprint density at radius 3 is 2.72 bits per heavy atom. The Labute approximate surface area is 142 Å². The molecular weight excluding hydrogens is 324 g/mol. The molecule has 0 saturated heterocycles. The minimum Gasteiger partial charge on any atom is -0.400 e. The maximum atomic E-state index is 11.8. The summed E-state index contributed by atoms with van der Waals surface area (Å²) in [7, 11) is 0. The molecule has 0 saturated carbocycles. The number of nitrogens with one attached hydrogen (secondary N) is 2. The lowest BCUT2D eigenvalue weighted by molar-refractivity contribution is -0.402. The van der Waals surface area contributed by atoms with Crippen LogP contribution in [0.1, 0.15) is 5.76 Å². The Morgan fingerprint density at radius 1 is 1.16 bits per heavy atom. The van der Waals surface area contributed by atoms with Crippen LogP contribution < -0.4 is 10.7 Å². The molecule has 0 unspecified atom stereocenters. The number of hydrazone groups is 1. The van der Waals surface area contributed by atoms with Gasteiger partial charge in [0.15, 0.2) is 5.76 Å². The molecular formula is C17H14N4O4. The SMILES string of the molecule is O=C(CNc1ccc2ccccc2c1)N/N=C/c1ccc([N+](=O)[O-])o1. The van der Waals surface area contributed by atoms with Crippen molar-refractivity contribution in [1.82, 2.24) is 5.43 Å². The van der Waals surface area contributed by atoms with Crippen molar-refractivity contribution in [2.24, 2.45) is 5.10 Å². The first kappa shape index (κ1) is 16.2. The summed E-state index contributed by atoms with van der Waals surface area (Å²) in [5.74, 6) is -0.564. The van der Waals surface area contributed by atoms with Crippen LogP contribution in [0.4, 0.5) is 11.6 Å². The molecule has 8 nitrogen and oxygen atoms in total. The molecule has 0 radical (unpaired) electrons. The predicted octanol–water partition coefficient (Wildman–Crippen LogP) is 2.90. The number of nitro groups is 1. The van der Waals surface area contributed by atoms with Crippen LogP contribution in [0.3, 0.4) is 0 Å². The first-order valence-corrected chi connectivity index (χ1v) is 7.40. The van der Waals surface area contributed by atoms with Crippen molar-refractivity contribution in [3.05, 3.63) is 70.5 Å². The number of benzene rings is 2. The second kappa shape index (κ2) is 7.26. The van der Waals surface area contributed by atoms with Gasteiger partial charge in [-0.05, 0) is 29.0 Å². The van der Waals surface area contributed by atoms with Crippen LogP contribution in [0.15, 0.2) is 64.1 Å². The molecule has 2 N–H and O–H groups in total. The molecule has 0 fully saturated rings. The van der Waals surface area contributed by atoms with Crippen molar-refractivity contribution in [2.45, 2.75) is 0 Å². The summed E-state index contributed by atoms with van der Waals surface area (Å²) in [5.41, 5.74) is 3.13. The first-order valence-electron chi connectivity index (χ1n) is 7.40. The van der Waals surface area contributed by atoms with Gasteiger partial charge in [-0.15, -0.1) is 0 Å². The minimum absolute atomic E-state index is 0.0357. The van der Waals surface area contributed by atoms with E-state index in [-0.39, 0.29) is 24.1 Å². The normalized spacial score (nSPS) is 10.9. The number of amides is 1. The van der Waals surface area contributed by atoms with Gasteiger partial charge in [0.2, 0.25) is 0 Å². The maximum absolute atomic E-state index is 11.8. The fourth-order valence-electron chi connectivity index (χ4n) is 2.20. The Hall–Kier alpha value is -3.68. The number of rotatable bonds is 6. The number of anilines is 1. The molecule has 0 aliphatic heterocycles. The zero-order chi connectivity index (χ0) is 17.6. The zero-order valence-electron chi connectivity index (χ0n) is 13.0. The molecule has 1 heterocycles. The summed E-state index contributed by atoms with van der Waals surface area (Å²) >= 11 is 0. The zero-order valence-corrected chi connectivity index (χ0v) is 13.0. The van der Waals surface area contributed by atoms with E-state index < -0.39 is 4.92 Å². The molecule has 25 heavy (non-hydrogen) atoms. The van der Waals surface area contributed by atoms with Crippen LogP contribution in [-0.4, -0.2) is 23.6 Å². The average molecular weight is 338 g/mol. The molecule has 0 bridgehead atoms. The fourth-order valence-corrected chi connectivity index (χ4v) is 2.20. The molecule has 8 heteroatoms. The van der Waals surface area contributed by atoms with Crippen LogP contribution >= 0.6 is 0 Å². The first-order chi connectivity index (χ1) is 12.1. The van der Waals surface area contributed by atoms with Crippen molar-refractivity contribution in [1.29, 1.82) is 0 Å². The highest BCUT2D eigenvalue weighted by Gasteiger charge is 2.10. The van der Waals surface area contributed by atoms with Gasteiger partial charge >= 0.3 is 5.88 Å². The van der Waals surface area contributed by atoms with Crippen LogP contribution in [-0.2, 0) is 4.79 Å². The van der Waals surface area contributed by atoms with Gasteiger partial charge in [-0.3, -0.25) is 14.9 Å². The number of hydrogen-bond donors (Lipinski definition) is 2. The lowest BCUT2D eigenvalue weighted by Gasteiger charge is -2.06. The van der Waals surface area contributed by atoms with Gasteiger partial charge in [0.05, 0.1) is 18.8 Å². The molecule has 3 aromatic rings. The van der Waals surface area contributed by atoms with Crippen LogP contribution in [0.5, 0.6) is 0 Å². The van der Waals surface area contributed by atoms with Gasteiger partial charge in [0.25, 0.3) is 5.91 Å². The van der Waals surface area contributed by atoms with Crippen LogP contribution in [0.25, 0.3) is 10.8 Å². The van der Waals surface area contributed by atoms with E-state index >= 15 is 0 Å². The van der Waals surface area contributed by atoms with Gasteiger partial charge in [0, 0.05) is 5.69 Å². The molecule has 1 amide bonds. The molecule has 126 valence electrons. The summed E-state index contributed by atoms with van der Waals surface area (Å²) in [4.78, 5) is 21.6. The Bertz CT molecular complexity index is 948. The maximum Gasteiger partial charge on any atom is 0.433 e. The number of nitrogens with zero attached hydrogens (tertiary/aromatic N) is 2. The summed E-state index contributed by atoms with van der Waals surface area (Å²) in [6.45, 7) is 0.0357. The van der Waals surface area contributed by atoms with Gasteiger partial charge in [-0.1, -0.05) is 30.3 Å². The molecule has 2 aromatic carbocycles. The smallest absolute Gasteiger partial charge is 0.400 e. The minimum atomic E-state index is -0.649. The number of carbonyl (C=O) groups excluding carboxylic acids is 1. The van der Waals surface area contributed by atoms with Gasteiger partial charge in [0.1, 0.15) is 4.92 Å². The van der Waals surface area contributed by atoms with Gasteiger partial charge in [-0.2, -0.15) is 5.10 Å². The van der Waals surface area contributed by atoms with E-state index in [4.69, 9.17) is 4.42 Å². The second-order valence-corrected chi connectivity index (χ2v) is 5.14. The van der Waals surface area contributed by atoms with Crippen LogP contribution in [0.2, 0.25) is 0 Å². The van der Waals surface area contributed by atoms with E-state index in [2.05, 4.69) is 15.8 Å². The van der Waals surface area contributed by atoms with E-state index in [0.29, 0.717) is 0 Å². The van der Waals surface area contributed by atoms with Crippen LogP contribution in [0, 0.1) is 10.1 Å². The number of carbonyl (C=O) groups is 1. The quantitative estimate of drug-likeness (QED) is 0.408. The molecule has 0 atom stereocenters. The summed E-state index contributed by atoms with van der Waals surface area (Å²) in [6.07, 6.45) is 1.20. The second-order valence-electron chi connectivity index (χ2n) is 5.14. The number of fused-ring (bicyclic) bond motifs is 1. The topological polar surface area (TPSA) is 110 Å². The van der Waals surface area contributed by atoms with Gasteiger partial charge in [-0.25, -0.2) is 5.43 Å². The Kier molecular flexibility index (Phi) is 4.70.